The Labute approximate surface area is 251 Å². The van der Waals surface area contributed by atoms with Gasteiger partial charge in [-0.15, -0.1) is 10.2 Å². The fourth-order valence-electron chi connectivity index (χ4n) is 6.32. The number of tetrazole rings is 1. The molecule has 0 spiro atoms. The molecule has 7 rings (SSSR count). The monoisotopic (exact) mass is 595 g/mol. The lowest BCUT2D eigenvalue weighted by molar-refractivity contribution is -0.114. The molecule has 5 aromatic rings. The van der Waals surface area contributed by atoms with Crippen molar-refractivity contribution in [1.29, 1.82) is 0 Å². The van der Waals surface area contributed by atoms with Crippen LogP contribution >= 0.6 is 0 Å². The van der Waals surface area contributed by atoms with Crippen LogP contribution in [0.4, 0.5) is 10.1 Å². The van der Waals surface area contributed by atoms with E-state index in [-0.39, 0.29) is 36.5 Å². The van der Waals surface area contributed by atoms with Crippen LogP contribution in [0.1, 0.15) is 47.7 Å². The van der Waals surface area contributed by atoms with Crippen molar-refractivity contribution in [2.24, 2.45) is 0 Å². The van der Waals surface area contributed by atoms with E-state index in [9.17, 15) is 14.0 Å². The molecule has 5 heterocycles. The first-order valence-electron chi connectivity index (χ1n) is 14.6. The first kappa shape index (κ1) is 27.8. The van der Waals surface area contributed by atoms with E-state index in [1.54, 1.807) is 36.5 Å². The van der Waals surface area contributed by atoms with E-state index in [2.05, 4.69) is 35.6 Å². The minimum absolute atomic E-state index is 0.0182. The Bertz CT molecular complexity index is 1810. The SMILES string of the molecule is CC(=O)Nc1ccc2oc(-c3ccnc(C(=O)N4C5CCC4CN([C@@H](c4ccccc4)c4nnn(CCF)n4)C5)c3)nc2c1. The van der Waals surface area contributed by atoms with Crippen LogP contribution in [0.3, 0.4) is 0 Å². The number of oxazole rings is 1. The largest absolute Gasteiger partial charge is 0.436 e. The summed E-state index contributed by atoms with van der Waals surface area (Å²) >= 11 is 0. The normalized spacial score (nSPS) is 18.9. The molecule has 2 fully saturated rings. The molecule has 2 aliphatic heterocycles. The zero-order chi connectivity index (χ0) is 30.2. The predicted molar refractivity (Wildman–Crippen MR) is 158 cm³/mol. The number of carbonyl (C=O) groups excluding carboxylic acids is 2. The number of nitrogens with one attached hydrogen (secondary N) is 1. The summed E-state index contributed by atoms with van der Waals surface area (Å²) in [6.45, 7) is 2.18. The van der Waals surface area contributed by atoms with Crippen LogP contribution < -0.4 is 5.32 Å². The number of piperazine rings is 1. The summed E-state index contributed by atoms with van der Waals surface area (Å²) in [5.74, 6) is 0.573. The molecule has 3 atom stereocenters. The van der Waals surface area contributed by atoms with E-state index in [0.29, 0.717) is 52.8 Å². The topological polar surface area (TPSA) is 135 Å². The highest BCUT2D eigenvalue weighted by Crippen LogP contribution is 2.37. The number of carbonyl (C=O) groups is 2. The number of halogens is 1. The number of benzene rings is 2. The standard InChI is InChI=1S/C31H30FN9O3/c1-19(42)34-22-7-10-27-25(16-22)35-30(44-27)21-11-13-33-26(15-21)31(43)41-23-8-9-24(41)18-39(17-23)28(20-5-3-2-4-6-20)29-36-38-40(37-29)14-12-32/h2-7,10-11,13,15-16,23-24,28H,8-9,12,14,17-18H2,1H3,(H,34,42)/t23?,24?,28-/m0/s1. The number of hydrogen-bond acceptors (Lipinski definition) is 9. The van der Waals surface area contributed by atoms with Gasteiger partial charge in [-0.3, -0.25) is 19.5 Å². The van der Waals surface area contributed by atoms with Crippen molar-refractivity contribution in [3.63, 3.8) is 0 Å². The van der Waals surface area contributed by atoms with Gasteiger partial charge in [0.05, 0.1) is 12.6 Å². The number of hydrogen-bond donors (Lipinski definition) is 1. The van der Waals surface area contributed by atoms with Crippen LogP contribution in [0.5, 0.6) is 0 Å². The fraction of sp³-hybridized carbons (Fsp3) is 0.323. The number of aryl methyl sites for hydroxylation is 1. The zero-order valence-electron chi connectivity index (χ0n) is 24.0. The molecule has 3 aromatic heterocycles. The van der Waals surface area contributed by atoms with E-state index >= 15 is 0 Å². The molecule has 224 valence electrons. The van der Waals surface area contributed by atoms with Gasteiger partial charge in [0.15, 0.2) is 11.4 Å². The third-order valence-electron chi connectivity index (χ3n) is 8.16. The number of likely N-dealkylation sites (tertiary alicyclic amines) is 1. The number of rotatable bonds is 8. The van der Waals surface area contributed by atoms with Crippen molar-refractivity contribution >= 4 is 28.6 Å². The number of anilines is 1. The first-order valence-corrected chi connectivity index (χ1v) is 14.6. The molecule has 2 unspecified atom stereocenters. The summed E-state index contributed by atoms with van der Waals surface area (Å²) < 4.78 is 18.9. The average molecular weight is 596 g/mol. The second-order valence-electron chi connectivity index (χ2n) is 11.1. The van der Waals surface area contributed by atoms with Crippen LogP contribution in [0, 0.1) is 0 Å². The number of alkyl halides is 1. The van der Waals surface area contributed by atoms with Gasteiger partial charge >= 0.3 is 0 Å². The minimum Gasteiger partial charge on any atom is -0.436 e. The molecule has 0 radical (unpaired) electrons. The first-order chi connectivity index (χ1) is 21.5. The van der Waals surface area contributed by atoms with Gasteiger partial charge in [-0.2, -0.15) is 4.80 Å². The van der Waals surface area contributed by atoms with Gasteiger partial charge in [-0.25, -0.2) is 9.37 Å². The maximum absolute atomic E-state index is 13.9. The van der Waals surface area contributed by atoms with Crippen molar-refractivity contribution in [3.8, 4) is 11.5 Å². The molecule has 13 heteroatoms. The van der Waals surface area contributed by atoms with E-state index in [4.69, 9.17) is 4.42 Å². The second kappa shape index (κ2) is 11.6. The van der Waals surface area contributed by atoms with Crippen LogP contribution in [0.25, 0.3) is 22.6 Å². The summed E-state index contributed by atoms with van der Waals surface area (Å²) in [5.41, 5.74) is 3.77. The maximum atomic E-state index is 13.9. The Kier molecular flexibility index (Phi) is 7.30. The lowest BCUT2D eigenvalue weighted by atomic mass is 10.0. The second-order valence-corrected chi connectivity index (χ2v) is 11.1. The molecule has 2 aromatic carbocycles. The van der Waals surface area contributed by atoms with Crippen molar-refractivity contribution in [3.05, 3.63) is 83.9 Å². The molecular weight excluding hydrogens is 565 g/mol. The van der Waals surface area contributed by atoms with E-state index in [1.807, 2.05) is 35.2 Å². The van der Waals surface area contributed by atoms with Gasteiger partial charge in [0.1, 0.15) is 17.9 Å². The summed E-state index contributed by atoms with van der Waals surface area (Å²) in [4.78, 5) is 39.9. The Morgan fingerprint density at radius 2 is 1.86 bits per heavy atom. The Hall–Kier alpha value is -5.04. The molecule has 2 aliphatic rings. The molecular formula is C31H30FN9O3. The molecule has 44 heavy (non-hydrogen) atoms. The highest BCUT2D eigenvalue weighted by Gasteiger charge is 2.45. The molecule has 1 N–H and O–H groups in total. The number of aromatic nitrogens is 6. The van der Waals surface area contributed by atoms with Crippen LogP contribution in [0.2, 0.25) is 0 Å². The van der Waals surface area contributed by atoms with Gasteiger partial charge < -0.3 is 14.6 Å². The molecule has 2 amide bonds. The highest BCUT2D eigenvalue weighted by molar-refractivity contribution is 5.94. The van der Waals surface area contributed by atoms with E-state index in [0.717, 1.165) is 18.4 Å². The number of pyridine rings is 1. The zero-order valence-corrected chi connectivity index (χ0v) is 24.0. The van der Waals surface area contributed by atoms with Gasteiger partial charge in [0.25, 0.3) is 5.91 Å². The lowest BCUT2D eigenvalue weighted by Crippen LogP contribution is -2.56. The third-order valence-corrected chi connectivity index (χ3v) is 8.16. The number of amides is 2. The third kappa shape index (κ3) is 5.30. The Balaban J connectivity index is 1.12. The maximum Gasteiger partial charge on any atom is 0.273 e. The minimum atomic E-state index is -0.572. The molecule has 2 bridgehead atoms. The quantitative estimate of drug-likeness (QED) is 0.284. The van der Waals surface area contributed by atoms with Crippen molar-refractivity contribution in [1.82, 2.24) is 40.0 Å². The summed E-state index contributed by atoms with van der Waals surface area (Å²) in [6.07, 6.45) is 3.34. The van der Waals surface area contributed by atoms with Gasteiger partial charge in [0, 0.05) is 49.5 Å². The molecule has 2 saturated heterocycles. The predicted octanol–water partition coefficient (Wildman–Crippen LogP) is 3.88. The van der Waals surface area contributed by atoms with Gasteiger partial charge in [0.2, 0.25) is 11.8 Å². The van der Waals surface area contributed by atoms with Crippen LogP contribution in [-0.4, -0.2) is 83.6 Å². The molecule has 0 saturated carbocycles. The highest BCUT2D eigenvalue weighted by atomic mass is 19.1. The summed E-state index contributed by atoms with van der Waals surface area (Å²) in [7, 11) is 0. The summed E-state index contributed by atoms with van der Waals surface area (Å²) in [6, 6.07) is 18.4. The van der Waals surface area contributed by atoms with Gasteiger partial charge in [-0.05, 0) is 54.0 Å². The van der Waals surface area contributed by atoms with Crippen molar-refractivity contribution < 1.29 is 18.4 Å². The van der Waals surface area contributed by atoms with Crippen molar-refractivity contribution in [2.75, 3.05) is 25.1 Å². The summed E-state index contributed by atoms with van der Waals surface area (Å²) in [5, 5.41) is 15.6. The van der Waals surface area contributed by atoms with E-state index in [1.165, 1.54) is 11.7 Å². The lowest BCUT2D eigenvalue weighted by Gasteiger charge is -2.43. The number of fused-ring (bicyclic) bond motifs is 3. The fourth-order valence-corrected chi connectivity index (χ4v) is 6.32. The molecule has 0 aliphatic carbocycles. The smallest absolute Gasteiger partial charge is 0.273 e. The van der Waals surface area contributed by atoms with Crippen molar-refractivity contribution in [2.45, 2.75) is 44.4 Å². The van der Waals surface area contributed by atoms with Crippen LogP contribution in [-0.2, 0) is 11.3 Å². The van der Waals surface area contributed by atoms with Crippen LogP contribution in [0.15, 0.2) is 71.3 Å². The Morgan fingerprint density at radius 3 is 2.61 bits per heavy atom. The van der Waals surface area contributed by atoms with Gasteiger partial charge in [-0.1, -0.05) is 30.3 Å². The molecule has 12 nitrogen and oxygen atoms in total. The Morgan fingerprint density at radius 1 is 1.07 bits per heavy atom. The average Bonchev–Trinajstić information content (AvgIpc) is 3.73. The number of nitrogens with zero attached hydrogens (tertiary/aromatic N) is 8. The van der Waals surface area contributed by atoms with E-state index < -0.39 is 6.67 Å².